The zero-order chi connectivity index (χ0) is 8.32. The molecule has 11 heavy (non-hydrogen) atoms. The SMILES string of the molecule is COC=C1COC(C)(C)OC1. The maximum Gasteiger partial charge on any atom is 0.163 e. The molecule has 0 aromatic rings. The van der Waals surface area contributed by atoms with Gasteiger partial charge in [0.15, 0.2) is 5.79 Å². The van der Waals surface area contributed by atoms with E-state index in [1.54, 1.807) is 13.4 Å². The molecule has 3 heteroatoms. The first-order chi connectivity index (χ1) is 5.14. The van der Waals surface area contributed by atoms with Gasteiger partial charge in [0.05, 0.1) is 26.6 Å². The number of rotatable bonds is 1. The summed E-state index contributed by atoms with van der Waals surface area (Å²) in [5, 5.41) is 0. The van der Waals surface area contributed by atoms with Gasteiger partial charge in [-0.3, -0.25) is 0 Å². The molecule has 3 nitrogen and oxygen atoms in total. The summed E-state index contributed by atoms with van der Waals surface area (Å²) < 4.78 is 15.5. The van der Waals surface area contributed by atoms with Crippen LogP contribution in [0.3, 0.4) is 0 Å². The van der Waals surface area contributed by atoms with E-state index in [9.17, 15) is 0 Å². The smallest absolute Gasteiger partial charge is 0.163 e. The topological polar surface area (TPSA) is 27.7 Å². The average molecular weight is 158 g/mol. The molecule has 0 aromatic carbocycles. The number of hydrogen-bond acceptors (Lipinski definition) is 3. The van der Waals surface area contributed by atoms with Crippen LogP contribution >= 0.6 is 0 Å². The fraction of sp³-hybridized carbons (Fsp3) is 0.750. The van der Waals surface area contributed by atoms with Crippen LogP contribution in [0.4, 0.5) is 0 Å². The highest BCUT2D eigenvalue weighted by Crippen LogP contribution is 2.19. The van der Waals surface area contributed by atoms with Gasteiger partial charge in [0.1, 0.15) is 0 Å². The Morgan fingerprint density at radius 1 is 1.36 bits per heavy atom. The van der Waals surface area contributed by atoms with Gasteiger partial charge in [0, 0.05) is 5.57 Å². The van der Waals surface area contributed by atoms with Crippen LogP contribution in [-0.2, 0) is 14.2 Å². The first kappa shape index (κ1) is 8.56. The first-order valence-electron chi connectivity index (χ1n) is 3.63. The highest BCUT2D eigenvalue weighted by Gasteiger charge is 2.24. The van der Waals surface area contributed by atoms with E-state index in [1.165, 1.54) is 0 Å². The van der Waals surface area contributed by atoms with Crippen molar-refractivity contribution in [1.29, 1.82) is 0 Å². The molecule has 0 bridgehead atoms. The molecule has 1 aliphatic heterocycles. The Labute approximate surface area is 66.9 Å². The molecule has 0 atom stereocenters. The van der Waals surface area contributed by atoms with Gasteiger partial charge in [-0.15, -0.1) is 0 Å². The van der Waals surface area contributed by atoms with E-state index in [2.05, 4.69) is 0 Å². The predicted octanol–water partition coefficient (Wildman–Crippen LogP) is 1.30. The minimum absolute atomic E-state index is 0.439. The Kier molecular flexibility index (Phi) is 2.52. The van der Waals surface area contributed by atoms with Crippen LogP contribution in [0.25, 0.3) is 0 Å². The molecule has 0 amide bonds. The molecule has 64 valence electrons. The fourth-order valence-corrected chi connectivity index (χ4v) is 0.851. The highest BCUT2D eigenvalue weighted by molar-refractivity contribution is 5.01. The van der Waals surface area contributed by atoms with E-state index in [0.717, 1.165) is 5.57 Å². The van der Waals surface area contributed by atoms with Crippen molar-refractivity contribution in [2.45, 2.75) is 19.6 Å². The summed E-state index contributed by atoms with van der Waals surface area (Å²) in [6.45, 7) is 4.99. The summed E-state index contributed by atoms with van der Waals surface area (Å²) in [5.74, 6) is -0.439. The standard InChI is InChI=1S/C8H14O3/c1-8(2)10-5-7(4-9-3)6-11-8/h4H,5-6H2,1-3H3. The van der Waals surface area contributed by atoms with E-state index < -0.39 is 5.79 Å². The van der Waals surface area contributed by atoms with Crippen molar-refractivity contribution in [1.82, 2.24) is 0 Å². The van der Waals surface area contributed by atoms with Crippen molar-refractivity contribution < 1.29 is 14.2 Å². The number of hydrogen-bond donors (Lipinski definition) is 0. The molecule has 0 saturated carbocycles. The van der Waals surface area contributed by atoms with Crippen LogP contribution in [-0.4, -0.2) is 26.1 Å². The molecular weight excluding hydrogens is 144 g/mol. The summed E-state index contributed by atoms with van der Waals surface area (Å²) in [4.78, 5) is 0. The molecule has 1 aliphatic rings. The lowest BCUT2D eigenvalue weighted by Gasteiger charge is -2.31. The van der Waals surface area contributed by atoms with Crippen LogP contribution in [0, 0.1) is 0 Å². The van der Waals surface area contributed by atoms with E-state index in [1.807, 2.05) is 13.8 Å². The van der Waals surface area contributed by atoms with Gasteiger partial charge in [0.25, 0.3) is 0 Å². The van der Waals surface area contributed by atoms with Gasteiger partial charge < -0.3 is 14.2 Å². The second-order valence-corrected chi connectivity index (χ2v) is 2.99. The molecule has 0 aliphatic carbocycles. The summed E-state index contributed by atoms with van der Waals surface area (Å²) >= 11 is 0. The van der Waals surface area contributed by atoms with Crippen molar-refractivity contribution in [2.24, 2.45) is 0 Å². The quantitative estimate of drug-likeness (QED) is 0.538. The van der Waals surface area contributed by atoms with Crippen LogP contribution in [0.2, 0.25) is 0 Å². The number of methoxy groups -OCH3 is 1. The normalized spacial score (nSPS) is 23.0. The average Bonchev–Trinajstić information content (AvgIpc) is 1.94. The van der Waals surface area contributed by atoms with Crippen LogP contribution in [0.1, 0.15) is 13.8 Å². The van der Waals surface area contributed by atoms with Crippen molar-refractivity contribution in [3.8, 4) is 0 Å². The molecule has 1 rings (SSSR count). The van der Waals surface area contributed by atoms with E-state index in [4.69, 9.17) is 14.2 Å². The maximum absolute atomic E-state index is 5.36. The van der Waals surface area contributed by atoms with Gasteiger partial charge in [-0.1, -0.05) is 0 Å². The third kappa shape index (κ3) is 2.52. The second kappa shape index (κ2) is 3.24. The van der Waals surface area contributed by atoms with E-state index in [-0.39, 0.29) is 0 Å². The Morgan fingerprint density at radius 2 is 1.91 bits per heavy atom. The van der Waals surface area contributed by atoms with E-state index in [0.29, 0.717) is 13.2 Å². The van der Waals surface area contributed by atoms with Crippen LogP contribution in [0.15, 0.2) is 11.8 Å². The minimum atomic E-state index is -0.439. The van der Waals surface area contributed by atoms with Crippen molar-refractivity contribution in [2.75, 3.05) is 20.3 Å². The lowest BCUT2D eigenvalue weighted by Crippen LogP contribution is -2.35. The lowest BCUT2D eigenvalue weighted by molar-refractivity contribution is -0.226. The molecule has 0 unspecified atom stereocenters. The maximum atomic E-state index is 5.36. The predicted molar refractivity (Wildman–Crippen MR) is 41.1 cm³/mol. The molecule has 0 N–H and O–H groups in total. The molecule has 0 spiro atoms. The Bertz CT molecular complexity index is 149. The van der Waals surface area contributed by atoms with Crippen molar-refractivity contribution >= 4 is 0 Å². The van der Waals surface area contributed by atoms with Crippen LogP contribution < -0.4 is 0 Å². The molecule has 0 radical (unpaired) electrons. The van der Waals surface area contributed by atoms with E-state index >= 15 is 0 Å². The molecule has 1 fully saturated rings. The van der Waals surface area contributed by atoms with Gasteiger partial charge in [-0.25, -0.2) is 0 Å². The summed E-state index contributed by atoms with van der Waals surface area (Å²) in [7, 11) is 1.62. The summed E-state index contributed by atoms with van der Waals surface area (Å²) in [6.07, 6.45) is 1.66. The third-order valence-electron chi connectivity index (χ3n) is 1.49. The van der Waals surface area contributed by atoms with Gasteiger partial charge in [0.2, 0.25) is 0 Å². The van der Waals surface area contributed by atoms with Crippen molar-refractivity contribution in [3.05, 3.63) is 11.8 Å². The zero-order valence-corrected chi connectivity index (χ0v) is 7.22. The van der Waals surface area contributed by atoms with Crippen molar-refractivity contribution in [3.63, 3.8) is 0 Å². The van der Waals surface area contributed by atoms with Gasteiger partial charge >= 0.3 is 0 Å². The fourth-order valence-electron chi connectivity index (χ4n) is 0.851. The molecule has 1 saturated heterocycles. The molecule has 0 aromatic heterocycles. The Balaban J connectivity index is 2.42. The third-order valence-corrected chi connectivity index (χ3v) is 1.49. The number of ether oxygens (including phenoxy) is 3. The van der Waals surface area contributed by atoms with Gasteiger partial charge in [-0.2, -0.15) is 0 Å². The monoisotopic (exact) mass is 158 g/mol. The summed E-state index contributed by atoms with van der Waals surface area (Å²) in [5.41, 5.74) is 1.03. The molecular formula is C8H14O3. The first-order valence-corrected chi connectivity index (χ1v) is 3.63. The second-order valence-electron chi connectivity index (χ2n) is 2.99. The van der Waals surface area contributed by atoms with Gasteiger partial charge in [-0.05, 0) is 13.8 Å². The zero-order valence-electron chi connectivity index (χ0n) is 7.22. The highest BCUT2D eigenvalue weighted by atomic mass is 16.7. The Morgan fingerprint density at radius 3 is 2.36 bits per heavy atom. The largest absolute Gasteiger partial charge is 0.504 e. The van der Waals surface area contributed by atoms with Crippen LogP contribution in [0.5, 0.6) is 0 Å². The molecule has 1 heterocycles. The lowest BCUT2D eigenvalue weighted by atomic mass is 10.2. The Hall–Kier alpha value is -0.540. The minimum Gasteiger partial charge on any atom is -0.504 e. The summed E-state index contributed by atoms with van der Waals surface area (Å²) in [6, 6.07) is 0.